The smallest absolute Gasteiger partial charge is 0.407 e. The molecule has 0 saturated carbocycles. The topological polar surface area (TPSA) is 162 Å². The molecule has 0 radical (unpaired) electrons. The minimum absolute atomic E-state index is 0.235. The fraction of sp³-hybridized carbons (Fsp3) is 0.808. The Morgan fingerprint density at radius 1 is 0.775 bits per heavy atom. The van der Waals surface area contributed by atoms with E-state index in [-0.39, 0.29) is 13.2 Å². The number of rotatable bonds is 15. The van der Waals surface area contributed by atoms with Gasteiger partial charge in [0.1, 0.15) is 18.3 Å². The van der Waals surface area contributed by atoms with E-state index < -0.39 is 66.3 Å². The summed E-state index contributed by atoms with van der Waals surface area (Å²) >= 11 is 1.70. The van der Waals surface area contributed by atoms with Gasteiger partial charge >= 0.3 is 30.0 Å². The number of hydrogen-bond acceptors (Lipinski definition) is 13. The molecule has 1 saturated heterocycles. The minimum Gasteiger partial charge on any atom is -0.463 e. The second-order valence-corrected chi connectivity index (χ2v) is 11.3. The van der Waals surface area contributed by atoms with Crippen LogP contribution < -0.4 is 5.32 Å². The van der Waals surface area contributed by atoms with Crippen LogP contribution in [-0.2, 0) is 52.3 Å². The Hall–Kier alpha value is -2.58. The van der Waals surface area contributed by atoms with Gasteiger partial charge in [-0.1, -0.05) is 6.42 Å². The van der Waals surface area contributed by atoms with E-state index in [9.17, 15) is 24.0 Å². The van der Waals surface area contributed by atoms with Gasteiger partial charge < -0.3 is 38.5 Å². The van der Waals surface area contributed by atoms with Crippen LogP contribution in [0.4, 0.5) is 4.79 Å². The highest BCUT2D eigenvalue weighted by atomic mass is 32.2. The van der Waals surface area contributed by atoms with E-state index in [0.717, 1.165) is 38.2 Å². The van der Waals surface area contributed by atoms with Gasteiger partial charge in [0, 0.05) is 46.6 Å². The third kappa shape index (κ3) is 15.3. The molecule has 0 bridgehead atoms. The lowest BCUT2D eigenvalue weighted by atomic mass is 9.98. The number of ether oxygens (including phenoxy) is 7. The normalized spacial score (nSPS) is 22.5. The van der Waals surface area contributed by atoms with Crippen molar-refractivity contribution >= 4 is 41.7 Å². The number of amides is 1. The summed E-state index contributed by atoms with van der Waals surface area (Å²) in [6.45, 7) is 10.6. The van der Waals surface area contributed by atoms with Gasteiger partial charge in [-0.3, -0.25) is 19.2 Å². The predicted molar refractivity (Wildman–Crippen MR) is 143 cm³/mol. The molecule has 0 aromatic carbocycles. The molecule has 0 spiro atoms. The number of alkyl carbamates (subject to hydrolysis) is 1. The fourth-order valence-electron chi connectivity index (χ4n) is 3.65. The summed E-state index contributed by atoms with van der Waals surface area (Å²) in [7, 11) is 0. The first-order chi connectivity index (χ1) is 18.7. The monoisotopic (exact) mass is 593 g/mol. The second-order valence-electron chi connectivity index (χ2n) is 10.0. The van der Waals surface area contributed by atoms with E-state index in [0.29, 0.717) is 13.0 Å². The van der Waals surface area contributed by atoms with Gasteiger partial charge in [-0.2, -0.15) is 11.8 Å². The molecule has 40 heavy (non-hydrogen) atoms. The first kappa shape index (κ1) is 35.4. The van der Waals surface area contributed by atoms with Gasteiger partial charge in [-0.15, -0.1) is 0 Å². The molecule has 13 nitrogen and oxygen atoms in total. The maximum absolute atomic E-state index is 11.9. The van der Waals surface area contributed by atoms with Crippen LogP contribution in [0.2, 0.25) is 0 Å². The lowest BCUT2D eigenvalue weighted by Gasteiger charge is -2.44. The average molecular weight is 594 g/mol. The molecule has 1 heterocycles. The second kappa shape index (κ2) is 18.0. The maximum atomic E-state index is 11.9. The van der Waals surface area contributed by atoms with E-state index in [4.69, 9.17) is 33.2 Å². The number of carbonyl (C=O) groups excluding carboxylic acids is 5. The molecule has 230 valence electrons. The zero-order valence-electron chi connectivity index (χ0n) is 24.4. The summed E-state index contributed by atoms with van der Waals surface area (Å²) in [6.07, 6.45) is -3.96. The summed E-state index contributed by atoms with van der Waals surface area (Å²) in [4.78, 5) is 58.5. The molecule has 1 fully saturated rings. The Bertz CT molecular complexity index is 846. The van der Waals surface area contributed by atoms with E-state index >= 15 is 0 Å². The van der Waals surface area contributed by atoms with Gasteiger partial charge in [-0.05, 0) is 39.4 Å². The quantitative estimate of drug-likeness (QED) is 0.168. The number of unbranched alkanes of at least 4 members (excludes halogenated alkanes) is 2. The molecule has 1 amide bonds. The Morgan fingerprint density at radius 2 is 1.38 bits per heavy atom. The number of esters is 4. The lowest BCUT2D eigenvalue weighted by Crippen LogP contribution is -2.63. The van der Waals surface area contributed by atoms with Crippen molar-refractivity contribution < 1.29 is 57.1 Å². The molecule has 0 aliphatic carbocycles. The van der Waals surface area contributed by atoms with Crippen molar-refractivity contribution in [3.8, 4) is 0 Å². The Balaban J connectivity index is 2.64. The third-order valence-corrected chi connectivity index (χ3v) is 6.15. The number of nitrogens with one attached hydrogen (secondary N) is 1. The van der Waals surface area contributed by atoms with E-state index in [1.807, 2.05) is 0 Å². The van der Waals surface area contributed by atoms with Gasteiger partial charge in [0.2, 0.25) is 0 Å². The van der Waals surface area contributed by atoms with Crippen molar-refractivity contribution in [3.63, 3.8) is 0 Å². The average Bonchev–Trinajstić information content (AvgIpc) is 2.80. The van der Waals surface area contributed by atoms with E-state index in [1.54, 1.807) is 32.5 Å². The summed E-state index contributed by atoms with van der Waals surface area (Å²) in [5, 5.41) is 2.71. The van der Waals surface area contributed by atoms with Crippen LogP contribution in [0.25, 0.3) is 0 Å². The van der Waals surface area contributed by atoms with Crippen LogP contribution in [0.3, 0.4) is 0 Å². The maximum Gasteiger partial charge on any atom is 0.407 e. The summed E-state index contributed by atoms with van der Waals surface area (Å²) in [5.41, 5.74) is -0.533. The highest BCUT2D eigenvalue weighted by Crippen LogP contribution is 2.30. The molecular weight excluding hydrogens is 550 g/mol. The van der Waals surface area contributed by atoms with Gasteiger partial charge in [0.25, 0.3) is 0 Å². The van der Waals surface area contributed by atoms with Crippen LogP contribution in [-0.4, -0.2) is 97.5 Å². The summed E-state index contributed by atoms with van der Waals surface area (Å²) in [6, 6.07) is 0. The molecule has 1 rings (SSSR count). The third-order valence-electron chi connectivity index (χ3n) is 5.08. The molecule has 5 atom stereocenters. The lowest BCUT2D eigenvalue weighted by molar-refractivity contribution is -0.308. The summed E-state index contributed by atoms with van der Waals surface area (Å²) < 4.78 is 38.1. The largest absolute Gasteiger partial charge is 0.463 e. The molecule has 14 heteroatoms. The minimum atomic E-state index is -1.25. The molecule has 1 aliphatic rings. The van der Waals surface area contributed by atoms with Gasteiger partial charge in [0.15, 0.2) is 24.6 Å². The molecule has 1 N–H and O–H groups in total. The van der Waals surface area contributed by atoms with Crippen molar-refractivity contribution in [2.45, 2.75) is 104 Å². The standard InChI is InChI=1S/C26H43NO12S/c1-16(28)34-15-20-21(35-17(2)29)22(36-18(3)30)23(37-19(4)31)24(38-20)33-12-9-8-10-13-40-14-11-27-25(32)39-26(5,6)7/h20-24H,8-15H2,1-7H3,(H,27,32)/t20-,21-,22+,23-,24-/m1/s1. The zero-order chi connectivity index (χ0) is 30.3. The van der Waals surface area contributed by atoms with Crippen LogP contribution >= 0.6 is 11.8 Å². The first-order valence-corrected chi connectivity index (χ1v) is 14.3. The number of thioether (sulfide) groups is 1. The molecule has 0 aromatic rings. The van der Waals surface area contributed by atoms with Crippen molar-refractivity contribution in [3.05, 3.63) is 0 Å². The first-order valence-electron chi connectivity index (χ1n) is 13.2. The van der Waals surface area contributed by atoms with Gasteiger partial charge in [0.05, 0.1) is 0 Å². The van der Waals surface area contributed by atoms with Crippen LogP contribution in [0.15, 0.2) is 0 Å². The SMILES string of the molecule is CC(=O)OC[C@H]1O[C@@H](OCCCCCSCCNC(=O)OC(C)(C)C)[C@H](OC(C)=O)[C@@H](OC(C)=O)[C@@H]1OC(C)=O. The van der Waals surface area contributed by atoms with E-state index in [2.05, 4.69) is 5.32 Å². The van der Waals surface area contributed by atoms with Crippen molar-refractivity contribution in [1.29, 1.82) is 0 Å². The van der Waals surface area contributed by atoms with Crippen LogP contribution in [0, 0.1) is 0 Å². The number of carbonyl (C=O) groups is 5. The fourth-order valence-corrected chi connectivity index (χ4v) is 4.51. The van der Waals surface area contributed by atoms with Crippen LogP contribution in [0.5, 0.6) is 0 Å². The van der Waals surface area contributed by atoms with E-state index in [1.165, 1.54) is 13.8 Å². The Kier molecular flexibility index (Phi) is 15.9. The predicted octanol–water partition coefficient (Wildman–Crippen LogP) is 2.51. The van der Waals surface area contributed by atoms with Crippen LogP contribution in [0.1, 0.15) is 67.7 Å². The van der Waals surface area contributed by atoms with Crippen molar-refractivity contribution in [1.82, 2.24) is 5.32 Å². The molecule has 0 aromatic heterocycles. The zero-order valence-corrected chi connectivity index (χ0v) is 25.2. The Labute approximate surface area is 239 Å². The summed E-state index contributed by atoms with van der Waals surface area (Å²) in [5.74, 6) is -1.04. The van der Waals surface area contributed by atoms with Crippen molar-refractivity contribution in [2.75, 3.05) is 31.3 Å². The van der Waals surface area contributed by atoms with Crippen molar-refractivity contribution in [2.24, 2.45) is 0 Å². The number of hydrogen-bond donors (Lipinski definition) is 1. The van der Waals surface area contributed by atoms with Gasteiger partial charge in [-0.25, -0.2) is 4.79 Å². The Morgan fingerprint density at radius 3 is 1.95 bits per heavy atom. The molecular formula is C26H43NO12S. The highest BCUT2D eigenvalue weighted by Gasteiger charge is 2.52. The highest BCUT2D eigenvalue weighted by molar-refractivity contribution is 7.99. The molecule has 0 unspecified atom stereocenters. The molecule has 1 aliphatic heterocycles.